The van der Waals surface area contributed by atoms with Crippen LogP contribution in [0.1, 0.15) is 6.92 Å². The van der Waals surface area contributed by atoms with Gasteiger partial charge in [0.05, 0.1) is 0 Å². The van der Waals surface area contributed by atoms with Crippen LogP contribution in [-0.2, 0) is 0 Å². The van der Waals surface area contributed by atoms with Crippen molar-refractivity contribution < 1.29 is 10.2 Å². The first-order chi connectivity index (χ1) is 3.68. The van der Waals surface area contributed by atoms with Crippen molar-refractivity contribution in [2.75, 3.05) is 12.5 Å². The third kappa shape index (κ3) is 1.94. The Kier molecular flexibility index (Phi) is 3.27. The smallest absolute Gasteiger partial charge is 0.109 e. The molecule has 8 heavy (non-hydrogen) atoms. The molecule has 0 fully saturated rings. The topological polar surface area (TPSA) is 40.5 Å². The van der Waals surface area contributed by atoms with Crippen molar-refractivity contribution in [1.82, 2.24) is 0 Å². The average Bonchev–Trinajstić information content (AvgIpc) is 1.87. The highest BCUT2D eigenvalue weighted by atomic mass is 28.3. The monoisotopic (exact) mass is 134 g/mol. The van der Waals surface area contributed by atoms with Crippen molar-refractivity contribution in [1.29, 1.82) is 0 Å². The zero-order chi connectivity index (χ0) is 6.62. The van der Waals surface area contributed by atoms with Gasteiger partial charge in [0, 0.05) is 12.5 Å². The lowest BCUT2D eigenvalue weighted by Crippen LogP contribution is -2.39. The maximum atomic E-state index is 8.69. The molecule has 0 amide bonds. The van der Waals surface area contributed by atoms with Gasteiger partial charge in [-0.15, -0.1) is 0 Å². The Hall–Kier alpha value is 0.137. The molecule has 0 aliphatic rings. The molecule has 0 spiro atoms. The van der Waals surface area contributed by atoms with Crippen LogP contribution >= 0.6 is 0 Å². The highest BCUT2D eigenvalue weighted by Gasteiger charge is 2.21. The Balaban J connectivity index is 3.58. The Bertz CT molecular complexity index is 53.2. The lowest BCUT2D eigenvalue weighted by atomic mass is 11.0. The summed E-state index contributed by atoms with van der Waals surface area (Å²) in [7, 11) is -1.56. The molecule has 2 nitrogen and oxygen atoms in total. The van der Waals surface area contributed by atoms with Gasteiger partial charge in [-0.2, -0.15) is 0 Å². The summed E-state index contributed by atoms with van der Waals surface area (Å²) < 4.78 is 0. The Morgan fingerprint density at radius 2 is 1.62 bits per heavy atom. The lowest BCUT2D eigenvalue weighted by Gasteiger charge is -2.18. The van der Waals surface area contributed by atoms with Gasteiger partial charge in [-0.1, -0.05) is 19.5 Å². The van der Waals surface area contributed by atoms with Crippen molar-refractivity contribution in [3.05, 3.63) is 0 Å². The minimum absolute atomic E-state index is 0.208. The molecule has 0 unspecified atom stereocenters. The van der Waals surface area contributed by atoms with Gasteiger partial charge in [-0.05, 0) is 0 Å². The van der Waals surface area contributed by atoms with Crippen LogP contribution in [0.15, 0.2) is 0 Å². The summed E-state index contributed by atoms with van der Waals surface area (Å²) in [5.74, 6) is 0. The van der Waals surface area contributed by atoms with Gasteiger partial charge in [0.25, 0.3) is 0 Å². The Labute approximate surface area is 51.2 Å². The molecule has 0 bridgehead atoms. The number of hydrogen-bond acceptors (Lipinski definition) is 2. The van der Waals surface area contributed by atoms with Crippen molar-refractivity contribution in [3.63, 3.8) is 0 Å². The largest absolute Gasteiger partial charge is 0.400 e. The lowest BCUT2D eigenvalue weighted by molar-refractivity contribution is 0.321. The van der Waals surface area contributed by atoms with Gasteiger partial charge in [0.15, 0.2) is 0 Å². The summed E-state index contributed by atoms with van der Waals surface area (Å²) in [6.07, 6.45) is 0.417. The van der Waals surface area contributed by atoms with Crippen LogP contribution in [0.2, 0.25) is 12.6 Å². The minimum atomic E-state index is -1.56. The van der Waals surface area contributed by atoms with E-state index in [0.29, 0.717) is 0 Å². The third-order valence-corrected chi connectivity index (χ3v) is 4.85. The quantitative estimate of drug-likeness (QED) is 0.539. The van der Waals surface area contributed by atoms with Crippen molar-refractivity contribution in [2.45, 2.75) is 19.5 Å². The van der Waals surface area contributed by atoms with Crippen LogP contribution in [0.3, 0.4) is 0 Å². The van der Waals surface area contributed by atoms with Crippen molar-refractivity contribution >= 4 is 8.07 Å². The fraction of sp³-hybridized carbons (Fsp3) is 1.00. The molecule has 0 aliphatic heterocycles. The van der Waals surface area contributed by atoms with Crippen LogP contribution in [0, 0.1) is 0 Å². The second kappa shape index (κ2) is 3.22. The van der Waals surface area contributed by atoms with Gasteiger partial charge in [-0.25, -0.2) is 0 Å². The number of aliphatic hydroxyl groups excluding tert-OH is 2. The van der Waals surface area contributed by atoms with E-state index >= 15 is 0 Å². The molecule has 50 valence electrons. The summed E-state index contributed by atoms with van der Waals surface area (Å²) in [6.45, 7) is 4.01. The molecular formula is C5H14O2Si. The van der Waals surface area contributed by atoms with E-state index in [2.05, 4.69) is 0 Å². The summed E-state index contributed by atoms with van der Waals surface area (Å²) in [4.78, 5) is 0. The first-order valence-electron chi connectivity index (χ1n) is 2.90. The number of aliphatic hydroxyl groups is 2. The first-order valence-corrected chi connectivity index (χ1v) is 6.02. The maximum absolute atomic E-state index is 8.69. The molecule has 0 aromatic rings. The molecule has 0 aromatic heterocycles. The molecule has 3 heteroatoms. The summed E-state index contributed by atoms with van der Waals surface area (Å²) in [5, 5.41) is 17.4. The molecular weight excluding hydrogens is 120 g/mol. The first kappa shape index (κ1) is 8.14. The van der Waals surface area contributed by atoms with Crippen LogP contribution < -0.4 is 0 Å². The standard InChI is InChI=1S/C5H14O2Si/c1-3-8(2,4-6)5-7/h6-7H,3-5H2,1-2H3. The molecule has 0 atom stereocenters. The zero-order valence-electron chi connectivity index (χ0n) is 5.52. The van der Waals surface area contributed by atoms with Gasteiger partial charge >= 0.3 is 0 Å². The molecule has 0 saturated heterocycles. The van der Waals surface area contributed by atoms with Gasteiger partial charge in [0.1, 0.15) is 8.07 Å². The maximum Gasteiger partial charge on any atom is 0.109 e. The van der Waals surface area contributed by atoms with E-state index in [9.17, 15) is 0 Å². The van der Waals surface area contributed by atoms with E-state index in [1.54, 1.807) is 0 Å². The van der Waals surface area contributed by atoms with E-state index in [4.69, 9.17) is 10.2 Å². The molecule has 0 heterocycles. The Morgan fingerprint density at radius 3 is 1.62 bits per heavy atom. The zero-order valence-corrected chi connectivity index (χ0v) is 6.52. The predicted molar refractivity (Wildman–Crippen MR) is 36.3 cm³/mol. The van der Waals surface area contributed by atoms with Gasteiger partial charge < -0.3 is 10.2 Å². The molecule has 0 aliphatic carbocycles. The molecule has 2 N–H and O–H groups in total. The van der Waals surface area contributed by atoms with Crippen LogP contribution in [0.4, 0.5) is 0 Å². The van der Waals surface area contributed by atoms with Crippen LogP contribution in [-0.4, -0.2) is 30.7 Å². The molecule has 0 aromatic carbocycles. The summed E-state index contributed by atoms with van der Waals surface area (Å²) >= 11 is 0. The van der Waals surface area contributed by atoms with Gasteiger partial charge in [-0.3, -0.25) is 0 Å². The van der Waals surface area contributed by atoms with Crippen molar-refractivity contribution in [3.8, 4) is 0 Å². The second-order valence-corrected chi connectivity index (χ2v) is 7.44. The van der Waals surface area contributed by atoms with Gasteiger partial charge in [0.2, 0.25) is 0 Å². The molecule has 0 rings (SSSR count). The highest BCUT2D eigenvalue weighted by molar-refractivity contribution is 6.78. The number of rotatable bonds is 3. The van der Waals surface area contributed by atoms with E-state index in [1.165, 1.54) is 0 Å². The average molecular weight is 134 g/mol. The Morgan fingerprint density at radius 1 is 1.25 bits per heavy atom. The van der Waals surface area contributed by atoms with E-state index < -0.39 is 8.07 Å². The van der Waals surface area contributed by atoms with Crippen LogP contribution in [0.5, 0.6) is 0 Å². The van der Waals surface area contributed by atoms with E-state index in [0.717, 1.165) is 6.04 Å². The SMILES string of the molecule is CC[Si](C)(CO)CO. The minimum Gasteiger partial charge on any atom is -0.400 e. The summed E-state index contributed by atoms with van der Waals surface area (Å²) in [5.41, 5.74) is 0. The summed E-state index contributed by atoms with van der Waals surface area (Å²) in [6, 6.07) is 0.958. The predicted octanol–water partition coefficient (Wildman–Crippen LogP) is 0.148. The van der Waals surface area contributed by atoms with Crippen molar-refractivity contribution in [2.24, 2.45) is 0 Å². The fourth-order valence-electron chi connectivity index (χ4n) is 0.274. The normalized spacial score (nSPS) is 12.0. The fourth-order valence-corrected chi connectivity index (χ4v) is 0.821. The highest BCUT2D eigenvalue weighted by Crippen LogP contribution is 2.04. The third-order valence-electron chi connectivity index (χ3n) is 1.62. The van der Waals surface area contributed by atoms with E-state index in [-0.39, 0.29) is 12.5 Å². The number of hydrogen-bond donors (Lipinski definition) is 2. The molecule has 0 saturated carbocycles. The van der Waals surface area contributed by atoms with Crippen LogP contribution in [0.25, 0.3) is 0 Å². The molecule has 0 radical (unpaired) electrons. The second-order valence-electron chi connectivity index (χ2n) is 2.48. The van der Waals surface area contributed by atoms with E-state index in [1.807, 2.05) is 13.5 Å².